The van der Waals surface area contributed by atoms with Crippen molar-refractivity contribution in [2.24, 2.45) is 0 Å². The van der Waals surface area contributed by atoms with Gasteiger partial charge in [-0.2, -0.15) is 0 Å². The highest BCUT2D eigenvalue weighted by atomic mass is 14.6. The Morgan fingerprint density at radius 1 is 0.812 bits per heavy atom. The first kappa shape index (κ1) is 9.22. The summed E-state index contributed by atoms with van der Waals surface area (Å²) in [5.74, 6) is 0. The average Bonchev–Trinajstić information content (AvgIpc) is 2.32. The Balaban J connectivity index is 2.51. The highest BCUT2D eigenvalue weighted by Gasteiger charge is 2.02. The van der Waals surface area contributed by atoms with E-state index < -0.39 is 0 Å². The molecule has 0 aromatic heterocycles. The van der Waals surface area contributed by atoms with Gasteiger partial charge in [-0.05, 0) is 52.2 Å². The number of anilines is 1. The van der Waals surface area contributed by atoms with Gasteiger partial charge in [-0.1, -0.05) is 30.3 Å². The second-order valence-electron chi connectivity index (χ2n) is 4.20. The van der Waals surface area contributed by atoms with Gasteiger partial charge in [0.1, 0.15) is 0 Å². The number of hydrogen-bond donors (Lipinski definition) is 1. The Morgan fingerprint density at radius 2 is 1.50 bits per heavy atom. The van der Waals surface area contributed by atoms with Crippen LogP contribution in [0.1, 0.15) is 5.56 Å². The Kier molecular flexibility index (Phi) is 1.87. The Bertz CT molecular complexity index is 683. The van der Waals surface area contributed by atoms with Gasteiger partial charge in [0.25, 0.3) is 0 Å². The first-order valence-electron chi connectivity index (χ1n) is 5.43. The van der Waals surface area contributed by atoms with Gasteiger partial charge in [-0.15, -0.1) is 0 Å². The zero-order valence-electron chi connectivity index (χ0n) is 9.20. The van der Waals surface area contributed by atoms with Crippen LogP contribution in [0.5, 0.6) is 0 Å². The quantitative estimate of drug-likeness (QED) is 0.439. The molecule has 0 bridgehead atoms. The monoisotopic (exact) mass is 207 g/mol. The van der Waals surface area contributed by atoms with E-state index in [1.54, 1.807) is 0 Å². The highest BCUT2D eigenvalue weighted by molar-refractivity contribution is 6.01. The van der Waals surface area contributed by atoms with Crippen LogP contribution in [-0.4, -0.2) is 0 Å². The van der Waals surface area contributed by atoms with E-state index in [0.717, 1.165) is 5.69 Å². The molecule has 1 heteroatoms. The van der Waals surface area contributed by atoms with Gasteiger partial charge >= 0.3 is 0 Å². The van der Waals surface area contributed by atoms with Crippen molar-refractivity contribution in [3.63, 3.8) is 0 Å². The Labute approximate surface area is 94.5 Å². The molecule has 0 aliphatic carbocycles. The number of fused-ring (bicyclic) bond motifs is 2. The zero-order chi connectivity index (χ0) is 11.1. The molecule has 3 aromatic rings. The normalized spacial score (nSPS) is 11.1. The van der Waals surface area contributed by atoms with Crippen molar-refractivity contribution in [2.45, 2.75) is 6.92 Å². The van der Waals surface area contributed by atoms with Crippen LogP contribution in [0.25, 0.3) is 21.5 Å². The molecule has 0 atom stereocenters. The van der Waals surface area contributed by atoms with Crippen molar-refractivity contribution < 1.29 is 0 Å². The lowest BCUT2D eigenvalue weighted by Gasteiger charge is -2.07. The largest absolute Gasteiger partial charge is 0.398 e. The van der Waals surface area contributed by atoms with Crippen LogP contribution in [-0.2, 0) is 0 Å². The van der Waals surface area contributed by atoms with Gasteiger partial charge in [-0.3, -0.25) is 0 Å². The van der Waals surface area contributed by atoms with Gasteiger partial charge in [0.15, 0.2) is 0 Å². The van der Waals surface area contributed by atoms with E-state index in [-0.39, 0.29) is 0 Å². The molecule has 0 saturated heterocycles. The lowest BCUT2D eigenvalue weighted by molar-refractivity contribution is 1.53. The number of rotatable bonds is 0. The summed E-state index contributed by atoms with van der Waals surface area (Å²) in [6, 6.07) is 16.9. The van der Waals surface area contributed by atoms with Gasteiger partial charge in [-0.25, -0.2) is 0 Å². The van der Waals surface area contributed by atoms with E-state index in [9.17, 15) is 0 Å². The first-order chi connectivity index (χ1) is 7.75. The summed E-state index contributed by atoms with van der Waals surface area (Å²) in [4.78, 5) is 0. The number of nitrogen functional groups attached to an aromatic ring is 1. The molecule has 0 amide bonds. The molecule has 3 rings (SSSR count). The molecule has 2 N–H and O–H groups in total. The zero-order valence-corrected chi connectivity index (χ0v) is 9.20. The number of aryl methyl sites for hydroxylation is 1. The second kappa shape index (κ2) is 3.24. The molecule has 0 aliphatic heterocycles. The van der Waals surface area contributed by atoms with Gasteiger partial charge in [0.2, 0.25) is 0 Å². The molecule has 0 spiro atoms. The van der Waals surface area contributed by atoms with Crippen LogP contribution in [0.2, 0.25) is 0 Å². The summed E-state index contributed by atoms with van der Waals surface area (Å²) in [5, 5.41) is 5.05. The Morgan fingerprint density at radius 3 is 2.25 bits per heavy atom. The van der Waals surface area contributed by atoms with Crippen molar-refractivity contribution in [3.05, 3.63) is 54.1 Å². The third-order valence-electron chi connectivity index (χ3n) is 3.20. The molecule has 16 heavy (non-hydrogen) atoms. The minimum atomic E-state index is 0.864. The van der Waals surface area contributed by atoms with Gasteiger partial charge in [0.05, 0.1) is 0 Å². The summed E-state index contributed by atoms with van der Waals surface area (Å²) in [6.45, 7) is 2.08. The van der Waals surface area contributed by atoms with Gasteiger partial charge in [0, 0.05) is 5.69 Å². The lowest BCUT2D eigenvalue weighted by atomic mass is 9.99. The van der Waals surface area contributed by atoms with Crippen molar-refractivity contribution in [3.8, 4) is 0 Å². The van der Waals surface area contributed by atoms with Crippen molar-refractivity contribution in [1.29, 1.82) is 0 Å². The van der Waals surface area contributed by atoms with Crippen molar-refractivity contribution in [2.75, 3.05) is 5.73 Å². The fourth-order valence-electron chi connectivity index (χ4n) is 2.18. The molecule has 3 aromatic carbocycles. The third kappa shape index (κ3) is 1.25. The topological polar surface area (TPSA) is 26.0 Å². The third-order valence-corrected chi connectivity index (χ3v) is 3.20. The summed E-state index contributed by atoms with van der Waals surface area (Å²) >= 11 is 0. The molecular weight excluding hydrogens is 194 g/mol. The molecule has 0 fully saturated rings. The number of nitrogens with two attached hydrogens (primary N) is 1. The van der Waals surface area contributed by atoms with Crippen molar-refractivity contribution in [1.82, 2.24) is 0 Å². The van der Waals surface area contributed by atoms with Crippen LogP contribution in [0.3, 0.4) is 0 Å². The molecule has 78 valence electrons. The SMILES string of the molecule is Cc1c(N)ccc2cc3ccccc3cc12. The maximum absolute atomic E-state index is 5.93. The predicted molar refractivity (Wildman–Crippen MR) is 70.6 cm³/mol. The van der Waals surface area contributed by atoms with E-state index in [4.69, 9.17) is 5.73 Å². The maximum atomic E-state index is 5.93. The fraction of sp³-hybridized carbons (Fsp3) is 0.0667. The van der Waals surface area contributed by atoms with Crippen LogP contribution in [0.15, 0.2) is 48.5 Å². The molecular formula is C15H13N. The van der Waals surface area contributed by atoms with E-state index in [1.807, 2.05) is 6.07 Å². The van der Waals surface area contributed by atoms with E-state index in [1.165, 1.54) is 27.1 Å². The van der Waals surface area contributed by atoms with Crippen LogP contribution >= 0.6 is 0 Å². The van der Waals surface area contributed by atoms with E-state index >= 15 is 0 Å². The van der Waals surface area contributed by atoms with Crippen molar-refractivity contribution >= 4 is 27.2 Å². The van der Waals surface area contributed by atoms with E-state index in [0.29, 0.717) is 0 Å². The van der Waals surface area contributed by atoms with Crippen LogP contribution in [0.4, 0.5) is 5.69 Å². The van der Waals surface area contributed by atoms with Crippen LogP contribution < -0.4 is 5.73 Å². The Hall–Kier alpha value is -2.02. The van der Waals surface area contributed by atoms with Crippen LogP contribution in [0, 0.1) is 6.92 Å². The fourth-order valence-corrected chi connectivity index (χ4v) is 2.18. The number of hydrogen-bond acceptors (Lipinski definition) is 1. The summed E-state index contributed by atoms with van der Waals surface area (Å²) in [6.07, 6.45) is 0. The minimum Gasteiger partial charge on any atom is -0.398 e. The molecule has 0 aliphatic rings. The molecule has 0 saturated carbocycles. The smallest absolute Gasteiger partial charge is 0.0350 e. The highest BCUT2D eigenvalue weighted by Crippen LogP contribution is 2.27. The first-order valence-corrected chi connectivity index (χ1v) is 5.43. The maximum Gasteiger partial charge on any atom is 0.0350 e. The average molecular weight is 207 g/mol. The van der Waals surface area contributed by atoms with Gasteiger partial charge < -0.3 is 5.73 Å². The second-order valence-corrected chi connectivity index (χ2v) is 4.20. The number of benzene rings is 3. The lowest BCUT2D eigenvalue weighted by Crippen LogP contribution is -1.90. The summed E-state index contributed by atoms with van der Waals surface area (Å²) in [5.41, 5.74) is 7.96. The summed E-state index contributed by atoms with van der Waals surface area (Å²) in [7, 11) is 0. The van der Waals surface area contributed by atoms with E-state index in [2.05, 4.69) is 49.4 Å². The molecule has 0 radical (unpaired) electrons. The molecule has 0 heterocycles. The standard InChI is InChI=1S/C15H13N/c1-10-14-9-12-5-3-2-4-11(12)8-13(14)6-7-15(10)16/h2-9H,16H2,1H3. The molecule has 0 unspecified atom stereocenters. The molecule has 1 nitrogen and oxygen atoms in total. The minimum absolute atomic E-state index is 0.864. The predicted octanol–water partition coefficient (Wildman–Crippen LogP) is 3.88. The summed E-state index contributed by atoms with van der Waals surface area (Å²) < 4.78 is 0.